The molecular weight excluding hydrogens is 408 g/mol. The number of fused-ring (bicyclic) bond motifs is 1. The van der Waals surface area contributed by atoms with Crippen molar-refractivity contribution in [2.24, 2.45) is 11.7 Å². The molecule has 0 spiro atoms. The van der Waals surface area contributed by atoms with Crippen LogP contribution in [0.1, 0.15) is 25.7 Å². The molecule has 2 aliphatic heterocycles. The summed E-state index contributed by atoms with van der Waals surface area (Å²) < 4.78 is 0. The molecule has 9 nitrogen and oxygen atoms in total. The maximum atomic E-state index is 12.8. The Kier molecular flexibility index (Phi) is 6.57. The monoisotopic (exact) mass is 440 g/mol. The van der Waals surface area contributed by atoms with E-state index in [1.165, 1.54) is 0 Å². The highest BCUT2D eigenvalue weighted by Gasteiger charge is 2.36. The van der Waals surface area contributed by atoms with E-state index in [1.54, 1.807) is 24.3 Å². The Labute approximate surface area is 188 Å². The van der Waals surface area contributed by atoms with Gasteiger partial charge in [0.2, 0.25) is 11.8 Å². The molecule has 0 aromatic carbocycles. The average molecular weight is 441 g/mol. The number of hydrogen-bond acceptors (Lipinski definition) is 7. The number of likely N-dealkylation sites (tertiary alicyclic amines) is 1. The molecular formula is C23H32N6O3. The lowest BCUT2D eigenvalue weighted by Crippen LogP contribution is -2.55. The Bertz CT molecular complexity index is 972. The molecule has 172 valence electrons. The van der Waals surface area contributed by atoms with Crippen molar-refractivity contribution < 1.29 is 14.7 Å². The van der Waals surface area contributed by atoms with Crippen LogP contribution in [0.3, 0.4) is 0 Å². The number of aliphatic hydroxyl groups is 1. The quantitative estimate of drug-likeness (QED) is 0.676. The molecule has 2 aromatic heterocycles. The van der Waals surface area contributed by atoms with Gasteiger partial charge in [0, 0.05) is 55.7 Å². The molecule has 2 aliphatic rings. The predicted octanol–water partition coefficient (Wildman–Crippen LogP) is 0.617. The normalized spacial score (nSPS) is 22.8. The number of pyridine rings is 2. The summed E-state index contributed by atoms with van der Waals surface area (Å²) >= 11 is 0. The van der Waals surface area contributed by atoms with Crippen molar-refractivity contribution in [1.82, 2.24) is 19.8 Å². The first-order valence-electron chi connectivity index (χ1n) is 11.3. The van der Waals surface area contributed by atoms with Gasteiger partial charge in [-0.15, -0.1) is 0 Å². The minimum Gasteiger partial charge on any atom is -0.386 e. The van der Waals surface area contributed by atoms with Crippen LogP contribution in [0.15, 0.2) is 30.7 Å². The van der Waals surface area contributed by atoms with E-state index >= 15 is 0 Å². The first-order valence-corrected chi connectivity index (χ1v) is 11.3. The van der Waals surface area contributed by atoms with Crippen LogP contribution in [0, 0.1) is 5.92 Å². The summed E-state index contributed by atoms with van der Waals surface area (Å²) in [6, 6.07) is 3.84. The number of primary amides is 1. The number of carbonyl (C=O) groups excluding carboxylic acids is 2. The second kappa shape index (κ2) is 9.38. The van der Waals surface area contributed by atoms with Crippen LogP contribution in [-0.2, 0) is 9.59 Å². The lowest BCUT2D eigenvalue weighted by molar-refractivity contribution is -0.135. The van der Waals surface area contributed by atoms with Crippen molar-refractivity contribution in [1.29, 1.82) is 0 Å². The molecule has 0 bridgehead atoms. The fourth-order valence-corrected chi connectivity index (χ4v) is 4.92. The van der Waals surface area contributed by atoms with Gasteiger partial charge in [-0.1, -0.05) is 0 Å². The minimum atomic E-state index is -0.987. The molecule has 0 radical (unpaired) electrons. The Morgan fingerprint density at radius 1 is 1.25 bits per heavy atom. The molecule has 1 atom stereocenters. The van der Waals surface area contributed by atoms with Crippen LogP contribution in [-0.4, -0.2) is 88.6 Å². The molecule has 0 aliphatic carbocycles. The number of likely N-dealkylation sites (N-methyl/N-ethyl adjacent to an activating group) is 1. The third-order valence-electron chi connectivity index (χ3n) is 6.72. The second-order valence-corrected chi connectivity index (χ2v) is 9.17. The highest BCUT2D eigenvalue weighted by Crippen LogP contribution is 2.31. The molecule has 32 heavy (non-hydrogen) atoms. The van der Waals surface area contributed by atoms with E-state index in [0.717, 1.165) is 29.6 Å². The Morgan fingerprint density at radius 2 is 2.03 bits per heavy atom. The summed E-state index contributed by atoms with van der Waals surface area (Å²) in [6.45, 7) is 3.23. The van der Waals surface area contributed by atoms with Gasteiger partial charge in [-0.3, -0.25) is 24.5 Å². The van der Waals surface area contributed by atoms with Gasteiger partial charge in [-0.2, -0.15) is 0 Å². The lowest BCUT2D eigenvalue weighted by Gasteiger charge is -2.42. The number of anilines is 1. The van der Waals surface area contributed by atoms with Crippen LogP contribution < -0.4 is 10.6 Å². The lowest BCUT2D eigenvalue weighted by atomic mass is 9.91. The summed E-state index contributed by atoms with van der Waals surface area (Å²) in [5, 5.41) is 12.3. The summed E-state index contributed by atoms with van der Waals surface area (Å²) in [5.41, 5.74) is 6.29. The number of piperidine rings is 2. The smallest absolute Gasteiger partial charge is 0.236 e. The van der Waals surface area contributed by atoms with Gasteiger partial charge in [-0.25, -0.2) is 0 Å². The van der Waals surface area contributed by atoms with E-state index in [2.05, 4.69) is 19.8 Å². The SMILES string of the molecule is CN(C[C@]1(O)CCCN(c2ccnc3ccncc23)C1)C(=O)CN1CCC(C(N)=O)CC1. The number of nitrogens with two attached hydrogens (primary N) is 1. The summed E-state index contributed by atoms with van der Waals surface area (Å²) in [6.07, 6.45) is 8.18. The molecule has 2 aromatic rings. The third kappa shape index (κ3) is 4.99. The van der Waals surface area contributed by atoms with E-state index < -0.39 is 5.60 Å². The van der Waals surface area contributed by atoms with Gasteiger partial charge in [0.25, 0.3) is 0 Å². The number of hydrogen-bond donors (Lipinski definition) is 2. The number of amides is 2. The van der Waals surface area contributed by atoms with E-state index in [-0.39, 0.29) is 24.3 Å². The first kappa shape index (κ1) is 22.4. The van der Waals surface area contributed by atoms with Crippen LogP contribution in [0.5, 0.6) is 0 Å². The van der Waals surface area contributed by atoms with Gasteiger partial charge >= 0.3 is 0 Å². The Balaban J connectivity index is 1.37. The third-order valence-corrected chi connectivity index (χ3v) is 6.72. The summed E-state index contributed by atoms with van der Waals surface area (Å²) in [4.78, 5) is 38.7. The maximum Gasteiger partial charge on any atom is 0.236 e. The fraction of sp³-hybridized carbons (Fsp3) is 0.565. The molecule has 0 saturated carbocycles. The Hall–Kier alpha value is -2.78. The summed E-state index contributed by atoms with van der Waals surface area (Å²) in [5.74, 6) is -0.367. The molecule has 3 N–H and O–H groups in total. The summed E-state index contributed by atoms with van der Waals surface area (Å²) in [7, 11) is 1.75. The van der Waals surface area contributed by atoms with Gasteiger partial charge in [-0.05, 0) is 50.9 Å². The topological polar surface area (TPSA) is 116 Å². The molecule has 4 heterocycles. The Morgan fingerprint density at radius 3 is 2.78 bits per heavy atom. The number of β-amino-alcohol motifs (C(OH)–C–C–N with tert-alkyl or cyclic N) is 1. The van der Waals surface area contributed by atoms with E-state index in [0.29, 0.717) is 45.4 Å². The van der Waals surface area contributed by atoms with Crippen LogP contribution >= 0.6 is 0 Å². The van der Waals surface area contributed by atoms with Crippen molar-refractivity contribution in [3.05, 3.63) is 30.7 Å². The van der Waals surface area contributed by atoms with E-state index in [1.807, 2.05) is 18.3 Å². The molecule has 4 rings (SSSR count). The zero-order valence-electron chi connectivity index (χ0n) is 18.6. The van der Waals surface area contributed by atoms with Crippen LogP contribution in [0.25, 0.3) is 10.9 Å². The number of nitrogens with zero attached hydrogens (tertiary/aromatic N) is 5. The first-order chi connectivity index (χ1) is 15.3. The van der Waals surface area contributed by atoms with Gasteiger partial charge < -0.3 is 20.6 Å². The van der Waals surface area contributed by atoms with Crippen molar-refractivity contribution in [3.63, 3.8) is 0 Å². The van der Waals surface area contributed by atoms with Gasteiger partial charge in [0.1, 0.15) is 0 Å². The predicted molar refractivity (Wildman–Crippen MR) is 122 cm³/mol. The molecule has 0 unspecified atom stereocenters. The average Bonchev–Trinajstić information content (AvgIpc) is 2.78. The van der Waals surface area contributed by atoms with Crippen molar-refractivity contribution >= 4 is 28.4 Å². The van der Waals surface area contributed by atoms with E-state index in [4.69, 9.17) is 5.73 Å². The molecule has 2 saturated heterocycles. The molecule has 2 amide bonds. The van der Waals surface area contributed by atoms with Crippen LogP contribution in [0.4, 0.5) is 5.69 Å². The van der Waals surface area contributed by atoms with Crippen molar-refractivity contribution in [2.45, 2.75) is 31.3 Å². The highest BCUT2D eigenvalue weighted by atomic mass is 16.3. The zero-order valence-corrected chi connectivity index (χ0v) is 18.6. The van der Waals surface area contributed by atoms with Gasteiger partial charge in [0.15, 0.2) is 0 Å². The standard InChI is InChI=1S/C23H32N6O3/c1-27(21(30)14-28-11-5-17(6-12-28)22(24)31)15-23(32)7-2-10-29(16-23)20-4-9-26-19-3-8-25-13-18(19)20/h3-4,8-9,13,17,32H,2,5-7,10-12,14-16H2,1H3,(H2,24,31)/t23-/m1/s1. The molecule has 9 heteroatoms. The van der Waals surface area contributed by atoms with Crippen LogP contribution in [0.2, 0.25) is 0 Å². The number of carbonyl (C=O) groups is 2. The fourth-order valence-electron chi connectivity index (χ4n) is 4.92. The highest BCUT2D eigenvalue weighted by molar-refractivity contribution is 5.90. The number of aromatic nitrogens is 2. The van der Waals surface area contributed by atoms with Gasteiger partial charge in [0.05, 0.1) is 24.2 Å². The zero-order chi connectivity index (χ0) is 22.7. The minimum absolute atomic E-state index is 0.0216. The van der Waals surface area contributed by atoms with Crippen molar-refractivity contribution in [2.75, 3.05) is 51.2 Å². The largest absolute Gasteiger partial charge is 0.386 e. The second-order valence-electron chi connectivity index (χ2n) is 9.17. The van der Waals surface area contributed by atoms with Crippen molar-refractivity contribution in [3.8, 4) is 0 Å². The maximum absolute atomic E-state index is 12.8. The van der Waals surface area contributed by atoms with E-state index in [9.17, 15) is 14.7 Å². The molecule has 2 fully saturated rings. The number of rotatable bonds is 6.